The third kappa shape index (κ3) is 4.90. The van der Waals surface area contributed by atoms with Crippen LogP contribution in [0.4, 0.5) is 5.69 Å². The second-order valence-electron chi connectivity index (χ2n) is 6.21. The molecular formula is C21H17Br2NO3S. The number of hydrogen-bond acceptors (Lipinski definition) is 4. The number of hydrogen-bond donors (Lipinski definition) is 0. The molecule has 28 heavy (non-hydrogen) atoms. The topological polar surface area (TPSA) is 55.7 Å². The van der Waals surface area contributed by atoms with Crippen LogP contribution < -0.4 is 4.18 Å². The molecule has 144 valence electrons. The minimum atomic E-state index is -3.93. The monoisotopic (exact) mass is 521 g/mol. The zero-order chi connectivity index (χ0) is 20.3. The van der Waals surface area contributed by atoms with E-state index in [4.69, 9.17) is 4.18 Å². The summed E-state index contributed by atoms with van der Waals surface area (Å²) in [5, 5.41) is 0. The third-order valence-electron chi connectivity index (χ3n) is 3.96. The minimum absolute atomic E-state index is 0.0920. The lowest BCUT2D eigenvalue weighted by atomic mass is 10.1. The molecule has 0 heterocycles. The van der Waals surface area contributed by atoms with Crippen molar-refractivity contribution in [2.45, 2.75) is 18.7 Å². The number of halogens is 2. The van der Waals surface area contributed by atoms with Crippen LogP contribution in [0.5, 0.6) is 5.75 Å². The van der Waals surface area contributed by atoms with E-state index in [1.165, 1.54) is 12.1 Å². The molecule has 3 aromatic rings. The molecular weight excluding hydrogens is 506 g/mol. The van der Waals surface area contributed by atoms with E-state index in [-0.39, 0.29) is 10.6 Å². The van der Waals surface area contributed by atoms with Crippen molar-refractivity contribution < 1.29 is 12.6 Å². The van der Waals surface area contributed by atoms with E-state index in [1.54, 1.807) is 36.5 Å². The highest BCUT2D eigenvalue weighted by molar-refractivity contribution is 9.11. The summed E-state index contributed by atoms with van der Waals surface area (Å²) in [5.41, 5.74) is 3.90. The van der Waals surface area contributed by atoms with Crippen LogP contribution in [0.2, 0.25) is 0 Å². The number of aliphatic imine (C=N–C) groups is 1. The molecule has 0 spiro atoms. The highest BCUT2D eigenvalue weighted by atomic mass is 79.9. The van der Waals surface area contributed by atoms with Gasteiger partial charge in [-0.1, -0.05) is 30.3 Å². The summed E-state index contributed by atoms with van der Waals surface area (Å²) >= 11 is 6.79. The zero-order valence-electron chi connectivity index (χ0n) is 15.2. The Balaban J connectivity index is 1.89. The average Bonchev–Trinajstić information content (AvgIpc) is 2.66. The molecule has 0 amide bonds. The van der Waals surface area contributed by atoms with Crippen molar-refractivity contribution in [1.82, 2.24) is 0 Å². The lowest BCUT2D eigenvalue weighted by Gasteiger charge is -2.11. The van der Waals surface area contributed by atoms with Crippen LogP contribution in [-0.2, 0) is 10.1 Å². The Morgan fingerprint density at radius 2 is 1.57 bits per heavy atom. The molecule has 3 aromatic carbocycles. The van der Waals surface area contributed by atoms with Crippen LogP contribution in [0, 0.1) is 13.8 Å². The fourth-order valence-corrected chi connectivity index (χ4v) is 5.06. The highest BCUT2D eigenvalue weighted by Crippen LogP contribution is 2.36. The minimum Gasteiger partial charge on any atom is -0.377 e. The summed E-state index contributed by atoms with van der Waals surface area (Å²) in [6.45, 7) is 4.02. The molecule has 3 rings (SSSR count). The van der Waals surface area contributed by atoms with Gasteiger partial charge in [0, 0.05) is 6.21 Å². The molecule has 0 bridgehead atoms. The van der Waals surface area contributed by atoms with Gasteiger partial charge in [-0.3, -0.25) is 4.99 Å². The van der Waals surface area contributed by atoms with Crippen LogP contribution >= 0.6 is 31.9 Å². The van der Waals surface area contributed by atoms with E-state index >= 15 is 0 Å². The lowest BCUT2D eigenvalue weighted by Crippen LogP contribution is -2.10. The standard InChI is InChI=1S/C21H17Br2NO3S/c1-14-8-9-15(2)20(10-14)24-13-16-11-18(22)21(19(23)12-16)27-28(25,26)17-6-4-3-5-7-17/h3-13H,1-2H3. The molecule has 4 nitrogen and oxygen atoms in total. The molecule has 0 saturated heterocycles. The van der Waals surface area contributed by atoms with Crippen molar-refractivity contribution in [3.8, 4) is 5.75 Å². The molecule has 0 N–H and O–H groups in total. The van der Waals surface area contributed by atoms with Gasteiger partial charge in [-0.25, -0.2) is 0 Å². The summed E-state index contributed by atoms with van der Waals surface area (Å²) in [5.74, 6) is 0.188. The summed E-state index contributed by atoms with van der Waals surface area (Å²) in [6, 6.07) is 17.6. The van der Waals surface area contributed by atoms with Gasteiger partial charge < -0.3 is 4.18 Å². The maximum Gasteiger partial charge on any atom is 0.339 e. The van der Waals surface area contributed by atoms with Gasteiger partial charge in [0.25, 0.3) is 0 Å². The van der Waals surface area contributed by atoms with Gasteiger partial charge >= 0.3 is 10.1 Å². The summed E-state index contributed by atoms with van der Waals surface area (Å²) in [4.78, 5) is 4.64. The van der Waals surface area contributed by atoms with Crippen molar-refractivity contribution in [2.75, 3.05) is 0 Å². The van der Waals surface area contributed by atoms with Crippen molar-refractivity contribution in [3.63, 3.8) is 0 Å². The van der Waals surface area contributed by atoms with E-state index in [9.17, 15) is 8.42 Å². The van der Waals surface area contributed by atoms with E-state index in [0.717, 1.165) is 22.4 Å². The smallest absolute Gasteiger partial charge is 0.339 e. The van der Waals surface area contributed by atoms with Crippen molar-refractivity contribution in [1.29, 1.82) is 0 Å². The first-order valence-electron chi connectivity index (χ1n) is 8.36. The number of rotatable bonds is 5. The largest absolute Gasteiger partial charge is 0.377 e. The van der Waals surface area contributed by atoms with Crippen LogP contribution in [0.25, 0.3) is 0 Å². The Labute approximate surface area is 181 Å². The zero-order valence-corrected chi connectivity index (χ0v) is 19.2. The van der Waals surface area contributed by atoms with Crippen LogP contribution in [0.15, 0.2) is 79.5 Å². The fourth-order valence-electron chi connectivity index (χ4n) is 2.48. The predicted octanol–water partition coefficient (Wildman–Crippen LogP) is 6.35. The molecule has 7 heteroatoms. The number of benzene rings is 3. The van der Waals surface area contributed by atoms with E-state index < -0.39 is 10.1 Å². The quantitative estimate of drug-likeness (QED) is 0.290. The van der Waals surface area contributed by atoms with Gasteiger partial charge in [0.15, 0.2) is 5.75 Å². The molecule has 0 fully saturated rings. The van der Waals surface area contributed by atoms with Crippen LogP contribution in [-0.4, -0.2) is 14.6 Å². The molecule has 0 aliphatic heterocycles. The Morgan fingerprint density at radius 3 is 2.21 bits per heavy atom. The predicted molar refractivity (Wildman–Crippen MR) is 119 cm³/mol. The maximum absolute atomic E-state index is 12.5. The number of aryl methyl sites for hydroxylation is 2. The molecule has 0 unspecified atom stereocenters. The normalized spacial score (nSPS) is 11.7. The Kier molecular flexibility index (Phi) is 6.37. The SMILES string of the molecule is Cc1ccc(C)c(N=Cc2cc(Br)c(OS(=O)(=O)c3ccccc3)c(Br)c2)c1. The van der Waals surface area contributed by atoms with E-state index in [0.29, 0.717) is 8.95 Å². The van der Waals surface area contributed by atoms with E-state index in [1.807, 2.05) is 32.0 Å². The summed E-state index contributed by atoms with van der Waals surface area (Å²) < 4.78 is 31.3. The Bertz CT molecular complexity index is 1120. The summed E-state index contributed by atoms with van der Waals surface area (Å²) in [7, 11) is -3.93. The van der Waals surface area contributed by atoms with Crippen molar-refractivity contribution in [2.24, 2.45) is 4.99 Å². The fraction of sp³-hybridized carbons (Fsp3) is 0.0952. The van der Waals surface area contributed by atoms with Gasteiger partial charge in [-0.05, 0) is 92.7 Å². The van der Waals surface area contributed by atoms with Gasteiger partial charge in [-0.15, -0.1) is 0 Å². The van der Waals surface area contributed by atoms with Crippen LogP contribution in [0.1, 0.15) is 16.7 Å². The van der Waals surface area contributed by atoms with E-state index in [2.05, 4.69) is 36.9 Å². The Hall–Kier alpha value is -1.96. The molecule has 0 aliphatic rings. The van der Waals surface area contributed by atoms with Crippen molar-refractivity contribution >= 4 is 53.9 Å². The Morgan fingerprint density at radius 1 is 0.929 bits per heavy atom. The molecule has 0 aromatic heterocycles. The molecule has 0 aliphatic carbocycles. The highest BCUT2D eigenvalue weighted by Gasteiger charge is 2.20. The molecule has 0 radical (unpaired) electrons. The second kappa shape index (κ2) is 8.59. The van der Waals surface area contributed by atoms with Gasteiger partial charge in [0.05, 0.1) is 14.6 Å². The van der Waals surface area contributed by atoms with Crippen LogP contribution in [0.3, 0.4) is 0 Å². The third-order valence-corrected chi connectivity index (χ3v) is 6.38. The van der Waals surface area contributed by atoms with Gasteiger partial charge in [-0.2, -0.15) is 8.42 Å². The number of nitrogens with zero attached hydrogens (tertiary/aromatic N) is 1. The molecule has 0 atom stereocenters. The first kappa shape index (κ1) is 20.8. The van der Waals surface area contributed by atoms with Crippen molar-refractivity contribution in [3.05, 3.63) is 86.3 Å². The second-order valence-corrected chi connectivity index (χ2v) is 9.47. The maximum atomic E-state index is 12.5. The first-order valence-corrected chi connectivity index (χ1v) is 11.4. The molecule has 0 saturated carbocycles. The lowest BCUT2D eigenvalue weighted by molar-refractivity contribution is 0.483. The summed E-state index contributed by atoms with van der Waals surface area (Å²) in [6.07, 6.45) is 1.73. The first-order chi connectivity index (χ1) is 13.3. The van der Waals surface area contributed by atoms with Gasteiger partial charge in [0.1, 0.15) is 4.90 Å². The average molecular weight is 523 g/mol. The van der Waals surface area contributed by atoms with Gasteiger partial charge in [0.2, 0.25) is 0 Å².